The molecule has 5 nitrogen and oxygen atoms in total. The van der Waals surface area contributed by atoms with Crippen LogP contribution >= 0.6 is 11.8 Å². The van der Waals surface area contributed by atoms with E-state index in [9.17, 15) is 9.59 Å². The van der Waals surface area contributed by atoms with Crippen LogP contribution in [0, 0.1) is 0 Å². The fraction of sp³-hybridized carbons (Fsp3) is 0.286. The highest BCUT2D eigenvalue weighted by molar-refractivity contribution is 7.99. The number of hydrogen-bond acceptors (Lipinski definition) is 4. The van der Waals surface area contributed by atoms with Crippen LogP contribution in [0.25, 0.3) is 0 Å². The number of esters is 1. The van der Waals surface area contributed by atoms with Crippen molar-refractivity contribution < 1.29 is 14.3 Å². The second kappa shape index (κ2) is 13.5. The number of hydrogen-bond donors (Lipinski definition) is 1. The Morgan fingerprint density at radius 1 is 0.912 bits per heavy atom. The topological polar surface area (TPSA) is 58.6 Å². The Kier molecular flexibility index (Phi) is 10.0. The second-order valence-electron chi connectivity index (χ2n) is 7.99. The van der Waals surface area contributed by atoms with Gasteiger partial charge in [-0.3, -0.25) is 9.69 Å². The molecule has 0 aliphatic carbocycles. The number of carbonyl (C=O) groups is 2. The number of aryl methyl sites for hydroxylation is 1. The molecular weight excluding hydrogens is 444 g/mol. The van der Waals surface area contributed by atoms with E-state index in [4.69, 9.17) is 4.74 Å². The van der Waals surface area contributed by atoms with Gasteiger partial charge in [0.1, 0.15) is 5.75 Å². The molecule has 3 aromatic rings. The van der Waals surface area contributed by atoms with Crippen molar-refractivity contribution in [2.75, 3.05) is 18.0 Å². The van der Waals surface area contributed by atoms with Crippen molar-refractivity contribution in [2.24, 2.45) is 0 Å². The molecule has 0 heterocycles. The van der Waals surface area contributed by atoms with Gasteiger partial charge < -0.3 is 10.1 Å². The summed E-state index contributed by atoms with van der Waals surface area (Å²) in [7, 11) is 0. The van der Waals surface area contributed by atoms with E-state index in [2.05, 4.69) is 24.4 Å². The smallest absolute Gasteiger partial charge is 0.321 e. The van der Waals surface area contributed by atoms with E-state index in [1.165, 1.54) is 12.5 Å². The molecule has 6 heteroatoms. The van der Waals surface area contributed by atoms with Crippen molar-refractivity contribution in [1.82, 2.24) is 5.32 Å². The van der Waals surface area contributed by atoms with Crippen molar-refractivity contribution in [3.63, 3.8) is 0 Å². The molecule has 0 radical (unpaired) electrons. The van der Waals surface area contributed by atoms with Crippen molar-refractivity contribution in [1.29, 1.82) is 0 Å². The van der Waals surface area contributed by atoms with Crippen LogP contribution in [0.2, 0.25) is 0 Å². The Hall–Kier alpha value is -3.25. The summed E-state index contributed by atoms with van der Waals surface area (Å²) < 4.78 is 5.18. The zero-order valence-corrected chi connectivity index (χ0v) is 20.6. The number of rotatable bonds is 11. The highest BCUT2D eigenvalue weighted by Crippen LogP contribution is 2.31. The van der Waals surface area contributed by atoms with E-state index in [0.717, 1.165) is 41.2 Å². The summed E-state index contributed by atoms with van der Waals surface area (Å²) in [5, 5.41) is 3.05. The molecule has 0 atom stereocenters. The summed E-state index contributed by atoms with van der Waals surface area (Å²) in [6, 6.07) is 25.7. The third kappa shape index (κ3) is 8.27. The number of carbonyl (C=O) groups excluding carboxylic acids is 2. The number of amides is 2. The number of urea groups is 1. The molecule has 2 amide bonds. The Labute approximate surface area is 206 Å². The van der Waals surface area contributed by atoms with E-state index in [1.54, 1.807) is 17.8 Å². The second-order valence-corrected chi connectivity index (χ2v) is 9.14. The van der Waals surface area contributed by atoms with Gasteiger partial charge in [0.2, 0.25) is 0 Å². The van der Waals surface area contributed by atoms with Crippen LogP contribution in [0.5, 0.6) is 5.75 Å². The number of unbranched alkanes of at least 4 members (excludes halogenated alkanes) is 1. The number of anilines is 1. The van der Waals surface area contributed by atoms with Crippen molar-refractivity contribution in [3.8, 4) is 5.75 Å². The van der Waals surface area contributed by atoms with E-state index < -0.39 is 0 Å². The van der Waals surface area contributed by atoms with Crippen LogP contribution in [-0.2, 0) is 11.2 Å². The molecule has 0 unspecified atom stereocenters. The van der Waals surface area contributed by atoms with Gasteiger partial charge in [-0.1, -0.05) is 61.5 Å². The largest absolute Gasteiger partial charge is 0.427 e. The van der Waals surface area contributed by atoms with E-state index >= 15 is 0 Å². The average molecular weight is 477 g/mol. The first-order valence-corrected chi connectivity index (χ1v) is 12.5. The van der Waals surface area contributed by atoms with E-state index in [1.807, 2.05) is 65.6 Å². The van der Waals surface area contributed by atoms with E-state index in [-0.39, 0.29) is 12.0 Å². The molecule has 0 saturated carbocycles. The lowest BCUT2D eigenvalue weighted by atomic mass is 10.1. The fourth-order valence-electron chi connectivity index (χ4n) is 3.50. The monoisotopic (exact) mass is 476 g/mol. The van der Waals surface area contributed by atoms with E-state index in [0.29, 0.717) is 18.8 Å². The summed E-state index contributed by atoms with van der Waals surface area (Å²) in [5.74, 6) is 0.193. The molecule has 34 heavy (non-hydrogen) atoms. The normalized spacial score (nSPS) is 10.5. The molecule has 1 N–H and O–H groups in total. The molecule has 0 saturated heterocycles. The van der Waals surface area contributed by atoms with Crippen molar-refractivity contribution in [2.45, 2.75) is 49.3 Å². The Bertz CT molecular complexity index is 1050. The molecule has 0 fully saturated rings. The third-order valence-corrected chi connectivity index (χ3v) is 6.19. The highest BCUT2D eigenvalue weighted by atomic mass is 32.2. The number of nitrogens with zero attached hydrogens (tertiary/aromatic N) is 1. The number of nitrogens with one attached hydrogen (secondary N) is 1. The minimum absolute atomic E-state index is 0.0593. The van der Waals surface area contributed by atoms with Crippen LogP contribution < -0.4 is 15.0 Å². The van der Waals surface area contributed by atoms with Gasteiger partial charge in [0.15, 0.2) is 0 Å². The van der Waals surface area contributed by atoms with Gasteiger partial charge in [0.05, 0.1) is 0 Å². The Morgan fingerprint density at radius 3 is 2.38 bits per heavy atom. The first kappa shape index (κ1) is 25.4. The molecule has 0 aliphatic rings. The predicted octanol–water partition coefficient (Wildman–Crippen LogP) is 6.71. The summed E-state index contributed by atoms with van der Waals surface area (Å²) in [6.45, 7) is 4.82. The van der Waals surface area contributed by atoms with Gasteiger partial charge in [-0.05, 0) is 67.3 Å². The molecule has 0 bridgehead atoms. The number of ether oxygens (including phenoxy) is 1. The Morgan fingerprint density at radius 2 is 1.68 bits per heavy atom. The molecular formula is C28H32N2O3S. The summed E-state index contributed by atoms with van der Waals surface area (Å²) in [5.41, 5.74) is 2.15. The van der Waals surface area contributed by atoms with Gasteiger partial charge in [0, 0.05) is 35.5 Å². The zero-order chi connectivity index (χ0) is 24.2. The first-order chi connectivity index (χ1) is 16.5. The highest BCUT2D eigenvalue weighted by Gasteiger charge is 2.15. The van der Waals surface area contributed by atoms with Gasteiger partial charge in [-0.15, -0.1) is 0 Å². The van der Waals surface area contributed by atoms with Crippen molar-refractivity contribution in [3.05, 3.63) is 84.4 Å². The van der Waals surface area contributed by atoms with Crippen LogP contribution in [0.3, 0.4) is 0 Å². The summed E-state index contributed by atoms with van der Waals surface area (Å²) in [6.07, 6.45) is 3.81. The van der Waals surface area contributed by atoms with Gasteiger partial charge >= 0.3 is 12.0 Å². The van der Waals surface area contributed by atoms with Gasteiger partial charge in [-0.2, -0.15) is 0 Å². The minimum atomic E-state index is -0.337. The molecule has 0 aliphatic heterocycles. The standard InChI is InChI=1S/C28H32N2O3S/c1-3-4-19-29-28(32)30(20-9-12-23-10-6-5-7-11-23)24-15-17-26(18-16-24)34-27-14-8-13-25(21-27)33-22(2)31/h5-8,10-11,13-18,21H,3-4,9,12,19-20H2,1-2H3,(H,29,32). The molecule has 0 spiro atoms. The lowest BCUT2D eigenvalue weighted by Crippen LogP contribution is -2.41. The molecule has 3 rings (SSSR count). The molecule has 178 valence electrons. The van der Waals surface area contributed by atoms with Crippen LogP contribution in [-0.4, -0.2) is 25.1 Å². The summed E-state index contributed by atoms with van der Waals surface area (Å²) in [4.78, 5) is 28.0. The van der Waals surface area contributed by atoms with Crippen LogP contribution in [0.15, 0.2) is 88.7 Å². The molecule has 0 aromatic heterocycles. The zero-order valence-electron chi connectivity index (χ0n) is 19.8. The average Bonchev–Trinajstić information content (AvgIpc) is 2.83. The quantitative estimate of drug-likeness (QED) is 0.190. The minimum Gasteiger partial charge on any atom is -0.427 e. The lowest BCUT2D eigenvalue weighted by Gasteiger charge is -2.23. The fourth-order valence-corrected chi connectivity index (χ4v) is 4.36. The van der Waals surface area contributed by atoms with Crippen molar-refractivity contribution >= 4 is 29.4 Å². The SMILES string of the molecule is CCCCNC(=O)N(CCCc1ccccc1)c1ccc(Sc2cccc(OC(C)=O)c2)cc1. The van der Waals surface area contributed by atoms with Gasteiger partial charge in [-0.25, -0.2) is 4.79 Å². The maximum absolute atomic E-state index is 12.9. The predicted molar refractivity (Wildman–Crippen MR) is 139 cm³/mol. The lowest BCUT2D eigenvalue weighted by molar-refractivity contribution is -0.131. The van der Waals surface area contributed by atoms with Gasteiger partial charge in [0.25, 0.3) is 0 Å². The van der Waals surface area contributed by atoms with Crippen LogP contribution in [0.1, 0.15) is 38.7 Å². The molecule has 3 aromatic carbocycles. The van der Waals surface area contributed by atoms with Crippen LogP contribution in [0.4, 0.5) is 10.5 Å². The summed E-state index contributed by atoms with van der Waals surface area (Å²) >= 11 is 1.58. The third-order valence-electron chi connectivity index (χ3n) is 5.19. The first-order valence-electron chi connectivity index (χ1n) is 11.7. The maximum atomic E-state index is 12.9. The Balaban J connectivity index is 1.67. The number of benzene rings is 3. The maximum Gasteiger partial charge on any atom is 0.321 e.